The minimum absolute atomic E-state index is 0. The molecule has 0 aliphatic rings. The monoisotopic (exact) mass is 124 g/mol. The summed E-state index contributed by atoms with van der Waals surface area (Å²) in [5.41, 5.74) is 0. The van der Waals surface area contributed by atoms with Gasteiger partial charge in [0.2, 0.25) is 0 Å². The number of nitrogens with zero attached hydrogens (tertiary/aromatic N) is 1. The van der Waals surface area contributed by atoms with Crippen molar-refractivity contribution in [3.63, 3.8) is 0 Å². The van der Waals surface area contributed by atoms with Crippen molar-refractivity contribution in [2.24, 2.45) is 0 Å². The molecule has 0 rings (SSSR count). The maximum atomic E-state index is 10.4. The van der Waals surface area contributed by atoms with Crippen LogP contribution in [0.1, 0.15) is 0 Å². The van der Waals surface area contributed by atoms with Gasteiger partial charge in [0, 0.05) is 18.9 Å². The van der Waals surface area contributed by atoms with Crippen LogP contribution in [0.25, 0.3) is 0 Å². The molecule has 7 heteroatoms. The average Bonchev–Trinajstić information content (AvgIpc) is 1.36. The van der Waals surface area contributed by atoms with Gasteiger partial charge in [0.05, 0.1) is 0 Å². The summed E-state index contributed by atoms with van der Waals surface area (Å²) in [7, 11) is -3.66. The number of hydrogen-bond acceptors (Lipinski definition) is 2. The van der Waals surface area contributed by atoms with Gasteiger partial charge in [-0.2, -0.15) is 0 Å². The van der Waals surface area contributed by atoms with Crippen LogP contribution in [0.5, 0.6) is 0 Å². The molecule has 0 heterocycles. The van der Waals surface area contributed by atoms with E-state index in [1.807, 2.05) is 0 Å². The zero-order valence-corrected chi connectivity index (χ0v) is 4.36. The van der Waals surface area contributed by atoms with Crippen LogP contribution < -0.4 is 0 Å². The van der Waals surface area contributed by atoms with Crippen molar-refractivity contribution in [2.75, 3.05) is 0 Å². The van der Waals surface area contributed by atoms with Gasteiger partial charge < -0.3 is 0 Å². The van der Waals surface area contributed by atoms with Crippen LogP contribution in [0.2, 0.25) is 0 Å². The molecule has 0 saturated carbocycles. The van der Waals surface area contributed by atoms with Crippen LogP contribution in [-0.4, -0.2) is 32.0 Å². The van der Waals surface area contributed by atoms with Crippen LogP contribution in [0.3, 0.4) is 0 Å². The summed E-state index contributed by atoms with van der Waals surface area (Å²) in [6.45, 7) is 0. The van der Waals surface area contributed by atoms with Gasteiger partial charge >= 0.3 is 0 Å². The molecule has 0 fully saturated rings. The molecule has 0 aliphatic heterocycles. The van der Waals surface area contributed by atoms with Crippen molar-refractivity contribution in [3.8, 4) is 0 Å². The predicted molar refractivity (Wildman–Crippen MR) is 20.1 cm³/mol. The standard InChI is InChI=1S/F2HNO2S.Li/c1-3(2)6(4)5;/h6H;. The molecule has 0 N–H and O–H groups in total. The first-order valence-corrected chi connectivity index (χ1v) is 2.03. The maximum absolute atomic E-state index is 10.4. The van der Waals surface area contributed by atoms with E-state index in [1.54, 1.807) is 0 Å². The normalized spacial score (nSPS) is 9.14. The molecular weight excluding hydrogens is 123 g/mol. The van der Waals surface area contributed by atoms with Gasteiger partial charge in [-0.05, 0) is 0 Å². The second-order valence-electron chi connectivity index (χ2n) is 0.453. The molecule has 0 saturated heterocycles. The molecule has 7 heavy (non-hydrogen) atoms. The predicted octanol–water partition coefficient (Wildman–Crippen LogP) is -0.797. The maximum Gasteiger partial charge on any atom is 0.258 e. The Morgan fingerprint density at radius 2 is 1.43 bits per heavy atom. The van der Waals surface area contributed by atoms with Crippen LogP contribution in [-0.2, 0) is 10.9 Å². The molecule has 0 unspecified atom stereocenters. The summed E-state index contributed by atoms with van der Waals surface area (Å²) >= 11 is 0. The van der Waals surface area contributed by atoms with E-state index >= 15 is 0 Å². The van der Waals surface area contributed by atoms with Gasteiger partial charge in [-0.3, -0.25) is 0 Å². The largest absolute Gasteiger partial charge is 0.258 e. The molecular formula is HF2LiNO2S. The van der Waals surface area contributed by atoms with Crippen molar-refractivity contribution in [1.29, 1.82) is 0 Å². The summed E-state index contributed by atoms with van der Waals surface area (Å²) < 4.78 is 36.7. The van der Waals surface area contributed by atoms with Gasteiger partial charge in [0.25, 0.3) is 10.9 Å². The summed E-state index contributed by atoms with van der Waals surface area (Å²) in [6, 6.07) is 0. The summed E-state index contributed by atoms with van der Waals surface area (Å²) in [6.07, 6.45) is 0. The Kier molecular flexibility index (Phi) is 6.70. The third-order valence-corrected chi connectivity index (χ3v) is 0.370. The number of rotatable bonds is 1. The van der Waals surface area contributed by atoms with Crippen molar-refractivity contribution >= 4 is 29.8 Å². The van der Waals surface area contributed by atoms with Gasteiger partial charge in [0.1, 0.15) is 4.75 Å². The molecule has 0 aromatic carbocycles. The van der Waals surface area contributed by atoms with Crippen molar-refractivity contribution in [2.45, 2.75) is 0 Å². The molecule has 0 aromatic heterocycles. The zero-order valence-electron chi connectivity index (χ0n) is 3.47. The zero-order chi connectivity index (χ0) is 5.15. The number of thiol groups is 1. The minimum atomic E-state index is -3.66. The molecule has 0 amide bonds. The second-order valence-corrected chi connectivity index (χ2v) is 1.23. The summed E-state index contributed by atoms with van der Waals surface area (Å²) in [5.74, 6) is 0. The Morgan fingerprint density at radius 3 is 1.43 bits per heavy atom. The molecule has 1 radical (unpaired) electrons. The quantitative estimate of drug-likeness (QED) is 0.282. The molecule has 0 aromatic rings. The van der Waals surface area contributed by atoms with Gasteiger partial charge in [-0.15, -0.1) is 0 Å². The SMILES string of the molecule is O=[SH](=O)N(F)F.[Li]. The molecule has 39 valence electrons. The van der Waals surface area contributed by atoms with E-state index in [0.29, 0.717) is 0 Å². The van der Waals surface area contributed by atoms with E-state index in [1.165, 1.54) is 0 Å². The summed E-state index contributed by atoms with van der Waals surface area (Å²) in [5, 5.41) is 0. The first kappa shape index (κ1) is 10.4. The number of hydrogen-bond donors (Lipinski definition) is 1. The van der Waals surface area contributed by atoms with E-state index in [2.05, 4.69) is 0 Å². The Bertz CT molecular complexity index is 91.9. The van der Waals surface area contributed by atoms with Crippen molar-refractivity contribution < 1.29 is 17.4 Å². The Labute approximate surface area is 52.4 Å². The third-order valence-electron chi connectivity index (χ3n) is 0.123. The van der Waals surface area contributed by atoms with E-state index in [-0.39, 0.29) is 18.9 Å². The number of halogens is 2. The van der Waals surface area contributed by atoms with Crippen LogP contribution in [0, 0.1) is 0 Å². The fourth-order valence-electron chi connectivity index (χ4n) is 0. The average molecular weight is 124 g/mol. The molecule has 0 bridgehead atoms. The van der Waals surface area contributed by atoms with Crippen LogP contribution in [0.4, 0.5) is 8.96 Å². The van der Waals surface area contributed by atoms with E-state index in [0.717, 1.165) is 0 Å². The summed E-state index contributed by atoms with van der Waals surface area (Å²) in [4.78, 5) is 0. The Balaban J connectivity index is 0. The molecule has 0 aliphatic carbocycles. The first-order valence-electron chi connectivity index (χ1n) is 0.903. The topological polar surface area (TPSA) is 37.4 Å². The smallest absolute Gasteiger partial charge is 0.211 e. The molecule has 0 spiro atoms. The van der Waals surface area contributed by atoms with Crippen molar-refractivity contribution in [3.05, 3.63) is 0 Å². The molecule has 0 atom stereocenters. The van der Waals surface area contributed by atoms with Crippen LogP contribution >= 0.6 is 0 Å². The van der Waals surface area contributed by atoms with Gasteiger partial charge in [-0.1, -0.05) is 8.96 Å². The van der Waals surface area contributed by atoms with Crippen molar-refractivity contribution in [1.82, 2.24) is 4.75 Å². The minimum Gasteiger partial charge on any atom is -0.211 e. The molecule has 3 nitrogen and oxygen atoms in total. The Hall–Kier alpha value is 0.367. The fraction of sp³-hybridized carbons (Fsp3) is 0. The van der Waals surface area contributed by atoms with E-state index in [4.69, 9.17) is 8.42 Å². The van der Waals surface area contributed by atoms with E-state index < -0.39 is 15.6 Å². The van der Waals surface area contributed by atoms with Crippen LogP contribution in [0.15, 0.2) is 0 Å². The van der Waals surface area contributed by atoms with Gasteiger partial charge in [0.15, 0.2) is 0 Å². The fourth-order valence-corrected chi connectivity index (χ4v) is 0. The first-order chi connectivity index (χ1) is 2.64. The Morgan fingerprint density at radius 1 is 1.29 bits per heavy atom. The van der Waals surface area contributed by atoms with E-state index in [9.17, 15) is 8.96 Å². The third kappa shape index (κ3) is 6.37. The van der Waals surface area contributed by atoms with Gasteiger partial charge in [-0.25, -0.2) is 8.42 Å². The second kappa shape index (κ2) is 4.52.